The molecule has 1 unspecified atom stereocenters. The Balaban J connectivity index is 1.82. The maximum absolute atomic E-state index is 6.38. The Bertz CT molecular complexity index is 339. The van der Waals surface area contributed by atoms with Gasteiger partial charge in [0, 0.05) is 18.4 Å². The molecule has 2 rings (SSSR count). The zero-order valence-electron chi connectivity index (χ0n) is 11.7. The van der Waals surface area contributed by atoms with E-state index in [1.807, 2.05) is 12.4 Å². The molecule has 2 nitrogen and oxygen atoms in total. The maximum Gasteiger partial charge on any atom is 0.0270 e. The van der Waals surface area contributed by atoms with Crippen LogP contribution in [0.3, 0.4) is 0 Å². The molecule has 1 aliphatic carbocycles. The fourth-order valence-electron chi connectivity index (χ4n) is 3.20. The summed E-state index contributed by atoms with van der Waals surface area (Å²) in [5.41, 5.74) is 7.70. The van der Waals surface area contributed by atoms with E-state index in [-0.39, 0.29) is 0 Å². The molecule has 0 saturated heterocycles. The second-order valence-electron chi connectivity index (χ2n) is 6.14. The molecule has 1 aromatic heterocycles. The molecule has 100 valence electrons. The summed E-state index contributed by atoms with van der Waals surface area (Å²) in [5.74, 6) is 2.48. The third-order valence-electron chi connectivity index (χ3n) is 4.59. The van der Waals surface area contributed by atoms with Crippen LogP contribution >= 0.6 is 0 Å². The van der Waals surface area contributed by atoms with Crippen molar-refractivity contribution in [3.63, 3.8) is 0 Å². The van der Waals surface area contributed by atoms with E-state index in [4.69, 9.17) is 5.73 Å². The average Bonchev–Trinajstić information content (AvgIpc) is 2.40. The molecule has 1 atom stereocenters. The molecule has 0 aliphatic heterocycles. The van der Waals surface area contributed by atoms with Gasteiger partial charge in [0.2, 0.25) is 0 Å². The van der Waals surface area contributed by atoms with Gasteiger partial charge in [0.15, 0.2) is 0 Å². The minimum atomic E-state index is 0.320. The van der Waals surface area contributed by atoms with Crippen molar-refractivity contribution in [3.05, 3.63) is 30.1 Å². The maximum atomic E-state index is 6.38. The molecule has 0 radical (unpaired) electrons. The molecule has 0 spiro atoms. The lowest BCUT2D eigenvalue weighted by Gasteiger charge is -2.34. The van der Waals surface area contributed by atoms with Gasteiger partial charge < -0.3 is 5.73 Å². The molecule has 1 saturated carbocycles. The van der Waals surface area contributed by atoms with E-state index in [1.54, 1.807) is 0 Å². The molecule has 2 N–H and O–H groups in total. The summed E-state index contributed by atoms with van der Waals surface area (Å²) in [6, 6.07) is 4.49. The molecule has 0 aromatic carbocycles. The Hall–Kier alpha value is -0.890. The van der Waals surface area contributed by atoms with E-state index < -0.39 is 0 Å². The predicted octanol–water partition coefficient (Wildman–Crippen LogP) is 3.41. The van der Waals surface area contributed by atoms with E-state index >= 15 is 0 Å². The first-order valence-corrected chi connectivity index (χ1v) is 7.31. The van der Waals surface area contributed by atoms with Crippen LogP contribution < -0.4 is 5.73 Å². The zero-order chi connectivity index (χ0) is 13.0. The van der Waals surface area contributed by atoms with E-state index in [1.165, 1.54) is 31.2 Å². The highest BCUT2D eigenvalue weighted by Gasteiger charge is 2.26. The average molecular weight is 246 g/mol. The van der Waals surface area contributed by atoms with Crippen LogP contribution in [0.15, 0.2) is 24.5 Å². The van der Waals surface area contributed by atoms with Crippen LogP contribution in [-0.4, -0.2) is 11.0 Å². The Morgan fingerprint density at radius 3 is 2.22 bits per heavy atom. The van der Waals surface area contributed by atoms with Gasteiger partial charge in [-0.15, -0.1) is 0 Å². The summed E-state index contributed by atoms with van der Waals surface area (Å²) in [6.45, 7) is 4.70. The van der Waals surface area contributed by atoms with Crippen molar-refractivity contribution in [2.75, 3.05) is 0 Å². The first-order valence-electron chi connectivity index (χ1n) is 7.31. The number of aromatic nitrogens is 1. The van der Waals surface area contributed by atoms with Crippen molar-refractivity contribution in [2.45, 2.75) is 52.0 Å². The summed E-state index contributed by atoms with van der Waals surface area (Å²) < 4.78 is 0. The highest BCUT2D eigenvalue weighted by Crippen LogP contribution is 2.34. The summed E-state index contributed by atoms with van der Waals surface area (Å²) in [6.07, 6.45) is 10.1. The van der Waals surface area contributed by atoms with Gasteiger partial charge in [-0.05, 0) is 67.6 Å². The van der Waals surface area contributed by atoms with Crippen LogP contribution in [0.2, 0.25) is 0 Å². The number of nitrogens with zero attached hydrogens (tertiary/aromatic N) is 1. The molecule has 0 bridgehead atoms. The van der Waals surface area contributed by atoms with Crippen LogP contribution in [0.4, 0.5) is 0 Å². The zero-order valence-corrected chi connectivity index (χ0v) is 11.7. The van der Waals surface area contributed by atoms with Crippen LogP contribution in [0.5, 0.6) is 0 Å². The molecular weight excluding hydrogens is 220 g/mol. The number of hydrogen-bond donors (Lipinski definition) is 1. The Morgan fingerprint density at radius 2 is 1.67 bits per heavy atom. The minimum absolute atomic E-state index is 0.320. The van der Waals surface area contributed by atoms with Crippen LogP contribution in [0.1, 0.15) is 45.1 Å². The number of hydrogen-bond acceptors (Lipinski definition) is 2. The minimum Gasteiger partial charge on any atom is -0.327 e. The van der Waals surface area contributed by atoms with Gasteiger partial charge in [-0.3, -0.25) is 4.98 Å². The monoisotopic (exact) mass is 246 g/mol. The lowest BCUT2D eigenvalue weighted by atomic mass is 9.74. The Kier molecular flexibility index (Phi) is 4.76. The van der Waals surface area contributed by atoms with E-state index in [0.717, 1.165) is 18.3 Å². The first kappa shape index (κ1) is 13.5. The van der Waals surface area contributed by atoms with Crippen molar-refractivity contribution >= 4 is 0 Å². The van der Waals surface area contributed by atoms with Gasteiger partial charge in [-0.2, -0.15) is 0 Å². The number of rotatable bonds is 4. The molecular formula is C16H26N2. The van der Waals surface area contributed by atoms with Crippen LogP contribution in [0, 0.1) is 17.8 Å². The quantitative estimate of drug-likeness (QED) is 0.884. The smallest absolute Gasteiger partial charge is 0.0270 e. The Morgan fingerprint density at radius 1 is 1.11 bits per heavy atom. The lowest BCUT2D eigenvalue weighted by molar-refractivity contribution is 0.202. The fourth-order valence-corrected chi connectivity index (χ4v) is 3.20. The SMILES string of the molecule is CC(C)C1CCC(C(N)Cc2ccncc2)CC1. The van der Waals surface area contributed by atoms with Gasteiger partial charge >= 0.3 is 0 Å². The van der Waals surface area contributed by atoms with Gasteiger partial charge in [-0.1, -0.05) is 13.8 Å². The van der Waals surface area contributed by atoms with Crippen LogP contribution in [-0.2, 0) is 6.42 Å². The van der Waals surface area contributed by atoms with Crippen molar-refractivity contribution in [2.24, 2.45) is 23.5 Å². The Labute approximate surface area is 111 Å². The third kappa shape index (κ3) is 3.55. The molecule has 1 aliphatic rings. The summed E-state index contributed by atoms with van der Waals surface area (Å²) in [4.78, 5) is 4.05. The highest BCUT2D eigenvalue weighted by molar-refractivity contribution is 5.11. The normalized spacial score (nSPS) is 26.2. The second-order valence-corrected chi connectivity index (χ2v) is 6.14. The molecule has 1 fully saturated rings. The van der Waals surface area contributed by atoms with Crippen LogP contribution in [0.25, 0.3) is 0 Å². The van der Waals surface area contributed by atoms with Gasteiger partial charge in [0.1, 0.15) is 0 Å². The highest BCUT2D eigenvalue weighted by atomic mass is 14.7. The van der Waals surface area contributed by atoms with Gasteiger partial charge in [0.05, 0.1) is 0 Å². The molecule has 1 aromatic rings. The van der Waals surface area contributed by atoms with E-state index in [2.05, 4.69) is 31.0 Å². The standard InChI is InChI=1S/C16H26N2/c1-12(2)14-3-5-15(6-4-14)16(17)11-13-7-9-18-10-8-13/h7-10,12,14-16H,3-6,11,17H2,1-2H3. The first-order chi connectivity index (χ1) is 8.66. The largest absolute Gasteiger partial charge is 0.327 e. The van der Waals surface area contributed by atoms with E-state index in [0.29, 0.717) is 12.0 Å². The van der Waals surface area contributed by atoms with Crippen molar-refractivity contribution < 1.29 is 0 Å². The lowest BCUT2D eigenvalue weighted by Crippen LogP contribution is -2.35. The van der Waals surface area contributed by atoms with Gasteiger partial charge in [-0.25, -0.2) is 0 Å². The summed E-state index contributed by atoms with van der Waals surface area (Å²) in [7, 11) is 0. The van der Waals surface area contributed by atoms with Gasteiger partial charge in [0.25, 0.3) is 0 Å². The predicted molar refractivity (Wildman–Crippen MR) is 76.2 cm³/mol. The van der Waals surface area contributed by atoms with Crippen molar-refractivity contribution in [1.82, 2.24) is 4.98 Å². The summed E-state index contributed by atoms with van der Waals surface area (Å²) in [5, 5.41) is 0. The number of pyridine rings is 1. The van der Waals surface area contributed by atoms with E-state index in [9.17, 15) is 0 Å². The topological polar surface area (TPSA) is 38.9 Å². The molecule has 0 amide bonds. The fraction of sp³-hybridized carbons (Fsp3) is 0.688. The third-order valence-corrected chi connectivity index (χ3v) is 4.59. The second kappa shape index (κ2) is 6.33. The number of nitrogens with two attached hydrogens (primary N) is 1. The van der Waals surface area contributed by atoms with Crippen molar-refractivity contribution in [3.8, 4) is 0 Å². The molecule has 1 heterocycles. The molecule has 18 heavy (non-hydrogen) atoms. The molecule has 2 heteroatoms. The van der Waals surface area contributed by atoms with Crippen molar-refractivity contribution in [1.29, 1.82) is 0 Å². The summed E-state index contributed by atoms with van der Waals surface area (Å²) >= 11 is 0.